The van der Waals surface area contributed by atoms with E-state index in [1.165, 1.54) is 7.11 Å². The summed E-state index contributed by atoms with van der Waals surface area (Å²) in [6, 6.07) is 17.7. The Kier molecular flexibility index (Phi) is 3.15. The van der Waals surface area contributed by atoms with Gasteiger partial charge >= 0.3 is 5.97 Å². The number of rotatable bonds is 3. The van der Waals surface area contributed by atoms with Crippen LogP contribution in [0.3, 0.4) is 0 Å². The van der Waals surface area contributed by atoms with Gasteiger partial charge in [-0.15, -0.1) is 0 Å². The average molecular weight is 280 g/mol. The maximum Gasteiger partial charge on any atom is 0.340 e. The number of hydrogen-bond donors (Lipinski definition) is 1. The van der Waals surface area contributed by atoms with Crippen LogP contribution in [0.5, 0.6) is 0 Å². The van der Waals surface area contributed by atoms with Crippen molar-refractivity contribution in [1.29, 1.82) is 0 Å². The minimum absolute atomic E-state index is 0.673. The van der Waals surface area contributed by atoms with Gasteiger partial charge < -0.3 is 9.84 Å². The first-order valence-electron chi connectivity index (χ1n) is 6.77. The molecule has 0 bridgehead atoms. The zero-order valence-electron chi connectivity index (χ0n) is 12.0. The summed E-state index contributed by atoms with van der Waals surface area (Å²) in [5.74, 6) is -0.995. The molecule has 0 aliphatic carbocycles. The van der Waals surface area contributed by atoms with Crippen LogP contribution in [-0.2, 0) is 15.1 Å². The first kappa shape index (κ1) is 13.6. The van der Waals surface area contributed by atoms with Gasteiger partial charge in [0.15, 0.2) is 5.60 Å². The fraction of sp³-hybridized carbons (Fsp3) is 0.167. The summed E-state index contributed by atoms with van der Waals surface area (Å²) in [4.78, 5) is 11.7. The normalized spacial score (nSPS) is 14.2. The van der Waals surface area contributed by atoms with E-state index >= 15 is 0 Å². The predicted molar refractivity (Wildman–Crippen MR) is 83.5 cm³/mol. The van der Waals surface area contributed by atoms with Gasteiger partial charge in [0.1, 0.15) is 0 Å². The van der Waals surface area contributed by atoms with E-state index in [4.69, 9.17) is 4.74 Å². The molecular formula is C18H16O3. The van der Waals surface area contributed by atoms with E-state index in [2.05, 4.69) is 0 Å². The van der Waals surface area contributed by atoms with Crippen LogP contribution in [0.15, 0.2) is 54.6 Å². The summed E-state index contributed by atoms with van der Waals surface area (Å²) in [5, 5.41) is 13.7. The molecule has 3 aromatic rings. The van der Waals surface area contributed by atoms with Crippen LogP contribution in [0.4, 0.5) is 0 Å². The third-order valence-corrected chi connectivity index (χ3v) is 4.10. The quantitative estimate of drug-likeness (QED) is 0.739. The molecule has 21 heavy (non-hydrogen) atoms. The lowest BCUT2D eigenvalue weighted by Crippen LogP contribution is -2.34. The summed E-state index contributed by atoms with van der Waals surface area (Å²) in [7, 11) is 1.43. The second-order valence-electron chi connectivity index (χ2n) is 5.23. The van der Waals surface area contributed by atoms with E-state index < -0.39 is 11.6 Å². The summed E-state index contributed by atoms with van der Waals surface area (Å²) in [6.45, 7) is 1.59. The third-order valence-electron chi connectivity index (χ3n) is 4.10. The van der Waals surface area contributed by atoms with Crippen LogP contribution in [0.25, 0.3) is 21.5 Å². The van der Waals surface area contributed by atoms with E-state index in [1.807, 2.05) is 54.6 Å². The molecule has 1 unspecified atom stereocenters. The first-order chi connectivity index (χ1) is 10.1. The summed E-state index contributed by atoms with van der Waals surface area (Å²) in [6.07, 6.45) is 0. The second kappa shape index (κ2) is 4.86. The second-order valence-corrected chi connectivity index (χ2v) is 5.23. The number of ether oxygens (including phenoxy) is 1. The topological polar surface area (TPSA) is 46.5 Å². The number of fused-ring (bicyclic) bond motifs is 3. The molecule has 0 fully saturated rings. The van der Waals surface area contributed by atoms with Gasteiger partial charge in [0.2, 0.25) is 0 Å². The predicted octanol–water partition coefficient (Wildman–Crippen LogP) is 3.94. The van der Waals surface area contributed by atoms with Crippen molar-refractivity contribution < 1.29 is 14.6 Å². The van der Waals surface area contributed by atoms with Crippen LogP contribution in [0, 0.1) is 0 Å². The SMILES string of the molecule is COC(C)(C(=O)O)c1cc2ccccc2c2ccccc12. The molecule has 0 aromatic heterocycles. The Bertz CT molecular complexity index is 838. The molecule has 3 aromatic carbocycles. The molecule has 3 nitrogen and oxygen atoms in total. The maximum absolute atomic E-state index is 11.7. The van der Waals surface area contributed by atoms with Crippen LogP contribution in [0.2, 0.25) is 0 Å². The minimum atomic E-state index is -1.37. The molecule has 0 spiro atoms. The van der Waals surface area contributed by atoms with Gasteiger partial charge in [0, 0.05) is 12.7 Å². The highest BCUT2D eigenvalue weighted by molar-refractivity contribution is 6.10. The van der Waals surface area contributed by atoms with Gasteiger partial charge in [0.25, 0.3) is 0 Å². The van der Waals surface area contributed by atoms with Crippen LogP contribution < -0.4 is 0 Å². The van der Waals surface area contributed by atoms with E-state index in [9.17, 15) is 9.90 Å². The number of carbonyl (C=O) groups is 1. The number of carboxylic acids is 1. The molecule has 1 N–H and O–H groups in total. The lowest BCUT2D eigenvalue weighted by Gasteiger charge is -2.26. The molecule has 1 atom stereocenters. The van der Waals surface area contributed by atoms with Crippen molar-refractivity contribution in [3.63, 3.8) is 0 Å². The highest BCUT2D eigenvalue weighted by Gasteiger charge is 2.36. The van der Waals surface area contributed by atoms with Crippen LogP contribution in [0.1, 0.15) is 12.5 Å². The average Bonchev–Trinajstić information content (AvgIpc) is 2.53. The van der Waals surface area contributed by atoms with Crippen molar-refractivity contribution in [3.05, 3.63) is 60.2 Å². The van der Waals surface area contributed by atoms with Gasteiger partial charge in [-0.1, -0.05) is 48.5 Å². The molecule has 0 amide bonds. The van der Waals surface area contributed by atoms with E-state index in [0.29, 0.717) is 5.56 Å². The zero-order chi connectivity index (χ0) is 15.0. The highest BCUT2D eigenvalue weighted by Crippen LogP contribution is 2.36. The standard InChI is InChI=1S/C18H16O3/c1-18(21-2,17(19)20)16-11-12-7-3-4-8-13(12)14-9-5-6-10-15(14)16/h3-11H,1-2H3,(H,19,20). The molecule has 0 heterocycles. The van der Waals surface area contributed by atoms with E-state index in [1.54, 1.807) is 6.92 Å². The van der Waals surface area contributed by atoms with E-state index in [-0.39, 0.29) is 0 Å². The summed E-state index contributed by atoms with van der Waals surface area (Å²) < 4.78 is 5.34. The molecule has 0 aliphatic rings. The molecule has 106 valence electrons. The summed E-state index contributed by atoms with van der Waals surface area (Å²) >= 11 is 0. The van der Waals surface area contributed by atoms with Gasteiger partial charge in [-0.05, 0) is 34.5 Å². The van der Waals surface area contributed by atoms with Crippen molar-refractivity contribution in [2.75, 3.05) is 7.11 Å². The van der Waals surface area contributed by atoms with Crippen LogP contribution >= 0.6 is 0 Å². The molecule has 0 aliphatic heterocycles. The molecule has 0 radical (unpaired) electrons. The van der Waals surface area contributed by atoms with Gasteiger partial charge in [0.05, 0.1) is 0 Å². The first-order valence-corrected chi connectivity index (χ1v) is 6.77. The monoisotopic (exact) mass is 280 g/mol. The number of carboxylic acid groups (broad SMARTS) is 1. The Hall–Kier alpha value is -2.39. The number of hydrogen-bond acceptors (Lipinski definition) is 2. The van der Waals surface area contributed by atoms with Crippen molar-refractivity contribution in [3.8, 4) is 0 Å². The Morgan fingerprint density at radius 3 is 2.19 bits per heavy atom. The molecular weight excluding hydrogens is 264 g/mol. The number of aliphatic carboxylic acids is 1. The van der Waals surface area contributed by atoms with Crippen molar-refractivity contribution in [2.45, 2.75) is 12.5 Å². The van der Waals surface area contributed by atoms with Gasteiger partial charge in [-0.25, -0.2) is 4.79 Å². The lowest BCUT2D eigenvalue weighted by molar-refractivity contribution is -0.161. The fourth-order valence-corrected chi connectivity index (χ4v) is 2.76. The largest absolute Gasteiger partial charge is 0.479 e. The number of benzene rings is 3. The Balaban J connectivity index is 2.49. The molecule has 0 saturated carbocycles. The van der Waals surface area contributed by atoms with Crippen molar-refractivity contribution >= 4 is 27.5 Å². The Morgan fingerprint density at radius 1 is 1.00 bits per heavy atom. The van der Waals surface area contributed by atoms with E-state index in [0.717, 1.165) is 21.5 Å². The lowest BCUT2D eigenvalue weighted by atomic mass is 9.87. The van der Waals surface area contributed by atoms with Crippen molar-refractivity contribution in [2.24, 2.45) is 0 Å². The minimum Gasteiger partial charge on any atom is -0.479 e. The third kappa shape index (κ3) is 1.98. The molecule has 3 heteroatoms. The Morgan fingerprint density at radius 2 is 1.57 bits per heavy atom. The Labute approximate surface area is 122 Å². The van der Waals surface area contributed by atoms with Crippen LogP contribution in [-0.4, -0.2) is 18.2 Å². The zero-order valence-corrected chi connectivity index (χ0v) is 12.0. The molecule has 0 saturated heterocycles. The highest BCUT2D eigenvalue weighted by atomic mass is 16.5. The van der Waals surface area contributed by atoms with Crippen molar-refractivity contribution in [1.82, 2.24) is 0 Å². The molecule has 3 rings (SSSR count). The summed E-state index contributed by atoms with van der Waals surface area (Å²) in [5.41, 5.74) is -0.698. The number of methoxy groups -OCH3 is 1. The fourth-order valence-electron chi connectivity index (χ4n) is 2.76. The maximum atomic E-state index is 11.7. The van der Waals surface area contributed by atoms with Gasteiger partial charge in [-0.2, -0.15) is 0 Å². The van der Waals surface area contributed by atoms with Gasteiger partial charge in [-0.3, -0.25) is 0 Å². The smallest absolute Gasteiger partial charge is 0.340 e.